The summed E-state index contributed by atoms with van der Waals surface area (Å²) in [6, 6.07) is 3.87. The van der Waals surface area contributed by atoms with E-state index in [-0.39, 0.29) is 64.9 Å². The van der Waals surface area contributed by atoms with Crippen LogP contribution in [0, 0.1) is 52.3 Å². The van der Waals surface area contributed by atoms with Crippen molar-refractivity contribution in [3.63, 3.8) is 0 Å². The number of Topliss-reactive ketones (excluding diaryl/α,β-unsaturated/α-hetero) is 1. The number of unbranched alkanes of at least 4 members (excludes halogenated alkanes) is 3. The Balaban J connectivity index is 1.28. The average molecular weight is 704 g/mol. The highest BCUT2D eigenvalue weighted by molar-refractivity contribution is 7.16. The Morgan fingerprint density at radius 1 is 1.00 bits per heavy atom. The first-order chi connectivity index (χ1) is 22.7. The van der Waals surface area contributed by atoms with Gasteiger partial charge in [0.15, 0.2) is 0 Å². The summed E-state index contributed by atoms with van der Waals surface area (Å²) in [4.78, 5) is 51.4. The molecular weight excluding hydrogens is 646 g/mol. The Kier molecular flexibility index (Phi) is 12.1. The molecule has 48 heavy (non-hydrogen) atoms. The van der Waals surface area contributed by atoms with Crippen LogP contribution in [0.2, 0.25) is 4.34 Å². The molecule has 2 N–H and O–H groups in total. The van der Waals surface area contributed by atoms with Gasteiger partial charge in [0.05, 0.1) is 10.4 Å². The van der Waals surface area contributed by atoms with E-state index < -0.39 is 5.97 Å². The Morgan fingerprint density at radius 3 is 2.38 bits per heavy atom. The number of carbonyl (C=O) groups excluding carboxylic acids is 3. The van der Waals surface area contributed by atoms with Crippen molar-refractivity contribution in [2.45, 2.75) is 143 Å². The molecule has 1 aromatic heterocycles. The lowest BCUT2D eigenvalue weighted by Gasteiger charge is -2.62. The topological polar surface area (TPSA) is 110 Å². The van der Waals surface area contributed by atoms with Crippen molar-refractivity contribution in [3.05, 3.63) is 21.3 Å². The molecule has 7 nitrogen and oxygen atoms in total. The van der Waals surface area contributed by atoms with Crippen molar-refractivity contribution in [2.75, 3.05) is 0 Å². The first-order valence-corrected chi connectivity index (χ1v) is 19.9. The summed E-state index contributed by atoms with van der Waals surface area (Å²) >= 11 is 7.76. The number of carboxylic acids is 1. The van der Waals surface area contributed by atoms with Gasteiger partial charge in [0, 0.05) is 42.9 Å². The summed E-state index contributed by atoms with van der Waals surface area (Å²) < 4.78 is 7.18. The second-order valence-electron chi connectivity index (χ2n) is 16.6. The van der Waals surface area contributed by atoms with Gasteiger partial charge in [-0.05, 0) is 110 Å². The van der Waals surface area contributed by atoms with E-state index in [1.54, 1.807) is 0 Å². The van der Waals surface area contributed by atoms with Gasteiger partial charge in [0.1, 0.15) is 11.9 Å². The van der Waals surface area contributed by atoms with E-state index >= 15 is 0 Å². The second-order valence-corrected chi connectivity index (χ2v) is 18.4. The molecule has 4 aliphatic rings. The van der Waals surface area contributed by atoms with E-state index in [1.807, 2.05) is 12.1 Å². The van der Waals surface area contributed by atoms with Crippen LogP contribution in [0.5, 0.6) is 0 Å². The molecule has 0 aromatic carbocycles. The van der Waals surface area contributed by atoms with E-state index in [9.17, 15) is 19.2 Å². The Morgan fingerprint density at radius 2 is 1.71 bits per heavy atom. The first kappa shape index (κ1) is 37.3. The molecule has 4 aliphatic carbocycles. The fraction of sp³-hybridized carbons (Fsp3) is 0.795. The summed E-state index contributed by atoms with van der Waals surface area (Å²) in [6.45, 7) is 11.4. The minimum Gasteiger partial charge on any atom is -0.481 e. The van der Waals surface area contributed by atoms with E-state index in [4.69, 9.17) is 21.4 Å². The van der Waals surface area contributed by atoms with Crippen LogP contribution < -0.4 is 5.32 Å². The fourth-order valence-electron chi connectivity index (χ4n) is 10.9. The minimum absolute atomic E-state index is 0.0527. The molecule has 10 atom stereocenters. The van der Waals surface area contributed by atoms with Crippen molar-refractivity contribution < 1.29 is 29.0 Å². The number of ether oxygens (including phenoxy) is 1. The third kappa shape index (κ3) is 8.00. The number of ketones is 1. The molecule has 5 rings (SSSR count). The maximum absolute atomic E-state index is 13.5. The summed E-state index contributed by atoms with van der Waals surface area (Å²) in [7, 11) is 0. The Hall–Kier alpha value is -1.93. The number of nitrogens with one attached hydrogen (secondary N) is 1. The molecule has 0 bridgehead atoms. The number of esters is 1. The SMILES string of the molecule is CC(C)[C@@H](NC(=O)C[C@@H](C)[C@H]1CC[C@H]2[C@@H]3[C@H](OC(=O)CCCCCCC(=O)O)C[C@@H]4CC(=O)CC[C@]4(C)[C@H]3CC[C@]12C)c1ccc(Cl)s1. The van der Waals surface area contributed by atoms with Crippen LogP contribution in [0.3, 0.4) is 0 Å². The highest BCUT2D eigenvalue weighted by Crippen LogP contribution is 2.68. The third-order valence-corrected chi connectivity index (χ3v) is 14.7. The van der Waals surface area contributed by atoms with Gasteiger partial charge in [-0.25, -0.2) is 0 Å². The van der Waals surface area contributed by atoms with Crippen molar-refractivity contribution in [1.29, 1.82) is 0 Å². The number of halogens is 1. The molecule has 1 aromatic rings. The maximum atomic E-state index is 13.5. The smallest absolute Gasteiger partial charge is 0.306 e. The number of rotatable bonds is 14. The molecule has 268 valence electrons. The molecule has 0 unspecified atom stereocenters. The summed E-state index contributed by atoms with van der Waals surface area (Å²) in [5.41, 5.74) is 0.162. The summed E-state index contributed by atoms with van der Waals surface area (Å²) in [5.74, 6) is 1.81. The quantitative estimate of drug-likeness (QED) is 0.148. The van der Waals surface area contributed by atoms with Crippen LogP contribution in [0.25, 0.3) is 0 Å². The molecule has 1 amide bonds. The van der Waals surface area contributed by atoms with Crippen molar-refractivity contribution >= 4 is 46.6 Å². The van der Waals surface area contributed by atoms with Gasteiger partial charge < -0.3 is 15.2 Å². The Bertz CT molecular complexity index is 1330. The molecule has 0 radical (unpaired) electrons. The number of amides is 1. The second kappa shape index (κ2) is 15.5. The zero-order chi connectivity index (χ0) is 34.8. The van der Waals surface area contributed by atoms with Gasteiger partial charge in [-0.3, -0.25) is 19.2 Å². The number of fused-ring (bicyclic) bond motifs is 5. The van der Waals surface area contributed by atoms with Crippen molar-refractivity contribution in [2.24, 2.45) is 52.3 Å². The summed E-state index contributed by atoms with van der Waals surface area (Å²) in [6.07, 6.45) is 11.1. The maximum Gasteiger partial charge on any atom is 0.306 e. The van der Waals surface area contributed by atoms with Crippen molar-refractivity contribution in [3.8, 4) is 0 Å². The summed E-state index contributed by atoms with van der Waals surface area (Å²) in [5, 5.41) is 12.2. The fourth-order valence-corrected chi connectivity index (χ4v) is 12.2. The van der Waals surface area contributed by atoms with Crippen LogP contribution in [0.1, 0.15) is 142 Å². The molecule has 9 heteroatoms. The van der Waals surface area contributed by atoms with Gasteiger partial charge in [0.25, 0.3) is 0 Å². The average Bonchev–Trinajstić information content (AvgIpc) is 3.60. The van der Waals surface area contributed by atoms with Gasteiger partial charge in [0.2, 0.25) is 5.91 Å². The Labute approximate surface area is 296 Å². The largest absolute Gasteiger partial charge is 0.481 e. The number of carboxylic acid groups (broad SMARTS) is 1. The number of hydrogen-bond donors (Lipinski definition) is 2. The van der Waals surface area contributed by atoms with Gasteiger partial charge in [-0.1, -0.05) is 59.1 Å². The zero-order valence-electron chi connectivity index (χ0n) is 29.7. The molecule has 4 saturated carbocycles. The molecule has 0 spiro atoms. The van der Waals surface area contributed by atoms with Crippen LogP contribution in [-0.4, -0.2) is 34.8 Å². The highest BCUT2D eigenvalue weighted by atomic mass is 35.5. The lowest BCUT2D eigenvalue weighted by Crippen LogP contribution is -2.59. The molecule has 0 aliphatic heterocycles. The van der Waals surface area contributed by atoms with E-state index in [0.29, 0.717) is 62.1 Å². The van der Waals surface area contributed by atoms with E-state index in [2.05, 4.69) is 39.9 Å². The zero-order valence-corrected chi connectivity index (χ0v) is 31.3. The first-order valence-electron chi connectivity index (χ1n) is 18.7. The normalized spacial score (nSPS) is 34.1. The number of carbonyl (C=O) groups is 4. The predicted molar refractivity (Wildman–Crippen MR) is 190 cm³/mol. The highest BCUT2D eigenvalue weighted by Gasteiger charge is 2.64. The van der Waals surface area contributed by atoms with Crippen molar-refractivity contribution in [1.82, 2.24) is 5.32 Å². The lowest BCUT2D eigenvalue weighted by atomic mass is 9.43. The van der Waals surface area contributed by atoms with E-state index in [0.717, 1.165) is 60.6 Å². The molecule has 0 saturated heterocycles. The molecule has 4 fully saturated rings. The standard InChI is InChI=1S/C39H58ClNO6S/c1-23(2)37(31-14-15-32(40)48-31)41-33(43)20-24(3)27-12-13-28-36-29(17-19-39(27,28)5)38(4)18-16-26(42)21-25(38)22-30(36)47-35(46)11-9-7-6-8-10-34(44)45/h14-15,23-25,27-30,36-37H,6-13,16-22H2,1-5H3,(H,41,43)(H,44,45)/t24-,25+,27-,28+,29+,30-,36+,37-,38+,39-/m1/s1. The molecule has 1 heterocycles. The van der Waals surface area contributed by atoms with Gasteiger partial charge in [-0.2, -0.15) is 0 Å². The van der Waals surface area contributed by atoms with Gasteiger partial charge in [-0.15, -0.1) is 11.3 Å². The number of hydrogen-bond acceptors (Lipinski definition) is 6. The van der Waals surface area contributed by atoms with Crippen LogP contribution in [0.4, 0.5) is 0 Å². The van der Waals surface area contributed by atoms with Crippen LogP contribution in [0.15, 0.2) is 12.1 Å². The monoisotopic (exact) mass is 703 g/mol. The molecular formula is C39H58ClNO6S. The minimum atomic E-state index is -0.777. The van der Waals surface area contributed by atoms with Crippen LogP contribution in [-0.2, 0) is 23.9 Å². The van der Waals surface area contributed by atoms with E-state index in [1.165, 1.54) is 11.3 Å². The van der Waals surface area contributed by atoms with Crippen LogP contribution >= 0.6 is 22.9 Å². The number of aliphatic carboxylic acids is 1. The number of thiophene rings is 1. The van der Waals surface area contributed by atoms with Gasteiger partial charge >= 0.3 is 11.9 Å². The predicted octanol–water partition coefficient (Wildman–Crippen LogP) is 9.42. The third-order valence-electron chi connectivity index (χ3n) is 13.4. The lowest BCUT2D eigenvalue weighted by molar-refractivity contribution is -0.191.